The van der Waals surface area contributed by atoms with Crippen LogP contribution >= 0.6 is 0 Å². The summed E-state index contributed by atoms with van der Waals surface area (Å²) in [6, 6.07) is 6.79. The van der Waals surface area contributed by atoms with Gasteiger partial charge in [-0.2, -0.15) is 0 Å². The minimum atomic E-state index is -0.188. The van der Waals surface area contributed by atoms with Crippen LogP contribution in [0.3, 0.4) is 0 Å². The molecule has 150 valence electrons. The van der Waals surface area contributed by atoms with Crippen molar-refractivity contribution in [1.82, 2.24) is 25.0 Å². The van der Waals surface area contributed by atoms with Crippen LogP contribution in [0.1, 0.15) is 54.6 Å². The zero-order valence-corrected chi connectivity index (χ0v) is 16.5. The highest BCUT2D eigenvalue weighted by molar-refractivity contribution is 5.90. The second kappa shape index (κ2) is 7.99. The number of hydrogen-bond acceptors (Lipinski definition) is 4. The minimum Gasteiger partial charge on any atom is -0.349 e. The molecule has 2 aromatic rings. The molecular weight excluding hydrogens is 357 g/mol. The van der Waals surface area contributed by atoms with Crippen LogP contribution in [0, 0.1) is 11.2 Å². The van der Waals surface area contributed by atoms with Crippen molar-refractivity contribution in [2.24, 2.45) is 5.41 Å². The molecule has 1 spiro atoms. The zero-order chi connectivity index (χ0) is 19.6. The normalized spacial score (nSPS) is 18.8. The standard InChI is InChI=1S/C21H28FN5O/c1-2-11-23-20(28)19-25-24-18-7-8-21(15-27(18)19)9-12-26(13-10-21)14-16-3-5-17(22)6-4-16/h3-6H,2,7-15H2,1H3,(H,23,28). The van der Waals surface area contributed by atoms with E-state index in [4.69, 9.17) is 0 Å². The SMILES string of the molecule is CCCNC(=O)c1nnc2n1CC1(CC2)CCN(Cc2ccc(F)cc2)CC1. The molecule has 4 rings (SSSR count). The largest absolute Gasteiger partial charge is 0.349 e. The number of aryl methyl sites for hydroxylation is 1. The maximum atomic E-state index is 13.1. The highest BCUT2D eigenvalue weighted by Crippen LogP contribution is 2.41. The Morgan fingerprint density at radius 3 is 2.64 bits per heavy atom. The van der Waals surface area contributed by atoms with Crippen LogP contribution in [0.2, 0.25) is 0 Å². The average molecular weight is 385 g/mol. The number of nitrogens with zero attached hydrogens (tertiary/aromatic N) is 4. The number of amides is 1. The van der Waals surface area contributed by atoms with Gasteiger partial charge in [0.1, 0.15) is 11.6 Å². The molecule has 1 fully saturated rings. The first-order valence-corrected chi connectivity index (χ1v) is 10.3. The summed E-state index contributed by atoms with van der Waals surface area (Å²) in [4.78, 5) is 14.9. The summed E-state index contributed by atoms with van der Waals surface area (Å²) in [5.41, 5.74) is 1.37. The smallest absolute Gasteiger partial charge is 0.289 e. The van der Waals surface area contributed by atoms with Crippen LogP contribution in [-0.2, 0) is 19.5 Å². The van der Waals surface area contributed by atoms with Gasteiger partial charge in [-0.3, -0.25) is 9.69 Å². The summed E-state index contributed by atoms with van der Waals surface area (Å²) >= 11 is 0. The topological polar surface area (TPSA) is 63.1 Å². The van der Waals surface area contributed by atoms with Crippen molar-refractivity contribution in [3.05, 3.63) is 47.3 Å². The molecule has 7 heteroatoms. The van der Waals surface area contributed by atoms with Crippen LogP contribution in [0.25, 0.3) is 0 Å². The van der Waals surface area contributed by atoms with Crippen molar-refractivity contribution in [1.29, 1.82) is 0 Å². The molecule has 0 atom stereocenters. The molecule has 0 saturated carbocycles. The van der Waals surface area contributed by atoms with E-state index in [1.807, 2.05) is 23.6 Å². The Balaban J connectivity index is 1.39. The summed E-state index contributed by atoms with van der Waals surface area (Å²) < 4.78 is 15.1. The Hall–Kier alpha value is -2.28. The number of benzene rings is 1. The predicted octanol–water partition coefficient (Wildman–Crippen LogP) is 2.79. The molecule has 1 N–H and O–H groups in total. The van der Waals surface area contributed by atoms with E-state index in [1.54, 1.807) is 0 Å². The van der Waals surface area contributed by atoms with Gasteiger partial charge in [0.05, 0.1) is 0 Å². The highest BCUT2D eigenvalue weighted by Gasteiger charge is 2.39. The summed E-state index contributed by atoms with van der Waals surface area (Å²) in [6.07, 6.45) is 5.09. The fraction of sp³-hybridized carbons (Fsp3) is 0.571. The third-order valence-electron chi connectivity index (χ3n) is 6.17. The lowest BCUT2D eigenvalue weighted by molar-refractivity contribution is 0.0618. The van der Waals surface area contributed by atoms with Crippen LogP contribution in [0.4, 0.5) is 4.39 Å². The van der Waals surface area contributed by atoms with E-state index >= 15 is 0 Å². The second-order valence-corrected chi connectivity index (χ2v) is 8.18. The van der Waals surface area contributed by atoms with Gasteiger partial charge >= 0.3 is 0 Å². The number of nitrogens with one attached hydrogen (secondary N) is 1. The van der Waals surface area contributed by atoms with Gasteiger partial charge in [0.2, 0.25) is 5.82 Å². The molecule has 2 aliphatic heterocycles. The van der Waals surface area contributed by atoms with Gasteiger partial charge < -0.3 is 9.88 Å². The van der Waals surface area contributed by atoms with Crippen molar-refractivity contribution in [3.63, 3.8) is 0 Å². The van der Waals surface area contributed by atoms with Crippen molar-refractivity contribution in [2.75, 3.05) is 19.6 Å². The van der Waals surface area contributed by atoms with E-state index in [9.17, 15) is 9.18 Å². The lowest BCUT2D eigenvalue weighted by atomic mass is 9.73. The quantitative estimate of drug-likeness (QED) is 0.860. The summed E-state index contributed by atoms with van der Waals surface area (Å²) in [5.74, 6) is 1.08. The maximum absolute atomic E-state index is 13.1. The lowest BCUT2D eigenvalue weighted by Crippen LogP contribution is -2.44. The maximum Gasteiger partial charge on any atom is 0.289 e. The molecule has 1 amide bonds. The van der Waals surface area contributed by atoms with Crippen LogP contribution in [0.15, 0.2) is 24.3 Å². The molecule has 6 nitrogen and oxygen atoms in total. The van der Waals surface area contributed by atoms with Crippen molar-refractivity contribution in [2.45, 2.75) is 52.1 Å². The third-order valence-corrected chi connectivity index (χ3v) is 6.17. The van der Waals surface area contributed by atoms with Gasteiger partial charge in [0, 0.05) is 26.1 Å². The summed E-state index contributed by atoms with van der Waals surface area (Å²) in [6.45, 7) is 6.42. The van der Waals surface area contributed by atoms with Gasteiger partial charge in [-0.15, -0.1) is 10.2 Å². The lowest BCUT2D eigenvalue weighted by Gasteiger charge is -2.44. The second-order valence-electron chi connectivity index (χ2n) is 8.18. The van der Waals surface area contributed by atoms with Crippen LogP contribution in [-0.4, -0.2) is 45.2 Å². The molecular formula is C21H28FN5O. The Kier molecular flexibility index (Phi) is 5.44. The first-order chi connectivity index (χ1) is 13.6. The molecule has 0 aliphatic carbocycles. The van der Waals surface area contributed by atoms with Gasteiger partial charge in [-0.05, 0) is 61.9 Å². The number of hydrogen-bond donors (Lipinski definition) is 1. The Labute approximate surface area is 165 Å². The molecule has 1 saturated heterocycles. The molecule has 0 radical (unpaired) electrons. The van der Waals surface area contributed by atoms with E-state index in [0.29, 0.717) is 12.4 Å². The first-order valence-electron chi connectivity index (χ1n) is 10.3. The van der Waals surface area contributed by atoms with Crippen molar-refractivity contribution < 1.29 is 9.18 Å². The van der Waals surface area contributed by atoms with Gasteiger partial charge in [0.15, 0.2) is 0 Å². The molecule has 3 heterocycles. The van der Waals surface area contributed by atoms with Crippen LogP contribution in [0.5, 0.6) is 0 Å². The third kappa shape index (κ3) is 3.94. The molecule has 28 heavy (non-hydrogen) atoms. The van der Waals surface area contributed by atoms with Gasteiger partial charge in [-0.1, -0.05) is 19.1 Å². The number of likely N-dealkylation sites (tertiary alicyclic amines) is 1. The molecule has 2 aliphatic rings. The number of fused-ring (bicyclic) bond motifs is 1. The highest BCUT2D eigenvalue weighted by atomic mass is 19.1. The zero-order valence-electron chi connectivity index (χ0n) is 16.5. The number of carbonyl (C=O) groups is 1. The Morgan fingerprint density at radius 2 is 1.93 bits per heavy atom. The summed E-state index contributed by atoms with van der Waals surface area (Å²) in [7, 11) is 0. The van der Waals surface area contributed by atoms with E-state index in [-0.39, 0.29) is 17.1 Å². The molecule has 1 aromatic carbocycles. The van der Waals surface area contributed by atoms with Crippen LogP contribution < -0.4 is 5.32 Å². The van der Waals surface area contributed by atoms with Crippen molar-refractivity contribution >= 4 is 5.91 Å². The molecule has 0 bridgehead atoms. The van der Waals surface area contributed by atoms with E-state index < -0.39 is 0 Å². The fourth-order valence-corrected chi connectivity index (χ4v) is 4.41. The number of halogens is 1. The fourth-order valence-electron chi connectivity index (χ4n) is 4.41. The average Bonchev–Trinajstić information content (AvgIpc) is 3.12. The monoisotopic (exact) mass is 385 g/mol. The minimum absolute atomic E-state index is 0.119. The first kappa shape index (κ1) is 19.1. The number of carbonyl (C=O) groups excluding carboxylic acids is 1. The number of aromatic nitrogens is 3. The molecule has 1 aromatic heterocycles. The Bertz CT molecular complexity index is 824. The van der Waals surface area contributed by atoms with Gasteiger partial charge in [0.25, 0.3) is 5.91 Å². The molecule has 0 unspecified atom stereocenters. The van der Waals surface area contributed by atoms with E-state index in [2.05, 4.69) is 20.4 Å². The predicted molar refractivity (Wildman–Crippen MR) is 104 cm³/mol. The van der Waals surface area contributed by atoms with Crippen molar-refractivity contribution in [3.8, 4) is 0 Å². The Morgan fingerprint density at radius 1 is 1.18 bits per heavy atom. The summed E-state index contributed by atoms with van der Waals surface area (Å²) in [5, 5.41) is 11.3. The number of rotatable bonds is 5. The van der Waals surface area contributed by atoms with Gasteiger partial charge in [-0.25, -0.2) is 4.39 Å². The number of piperidine rings is 1. The van der Waals surface area contributed by atoms with E-state index in [0.717, 1.165) is 69.7 Å². The van der Waals surface area contributed by atoms with E-state index in [1.165, 1.54) is 12.1 Å².